The molecule has 0 aliphatic carbocycles. The molecule has 0 fully saturated rings. The summed E-state index contributed by atoms with van der Waals surface area (Å²) in [6, 6.07) is 1.86. The molecule has 0 spiro atoms. The normalized spacial score (nSPS) is 13.7. The van der Waals surface area contributed by atoms with Gasteiger partial charge in [-0.05, 0) is 26.0 Å². The van der Waals surface area contributed by atoms with Crippen molar-refractivity contribution in [2.75, 3.05) is 19.6 Å². The predicted molar refractivity (Wildman–Crippen MR) is 95.6 cm³/mol. The molecule has 8 heteroatoms. The van der Waals surface area contributed by atoms with E-state index in [-0.39, 0.29) is 30.7 Å². The van der Waals surface area contributed by atoms with Gasteiger partial charge in [-0.1, -0.05) is 11.6 Å². The van der Waals surface area contributed by atoms with Crippen LogP contribution in [0.5, 0.6) is 0 Å². The van der Waals surface area contributed by atoms with E-state index < -0.39 is 0 Å². The molecule has 2 N–H and O–H groups in total. The number of nitrogens with one attached hydrogen (secondary N) is 2. The molecule has 3 heterocycles. The van der Waals surface area contributed by atoms with Gasteiger partial charge in [0.25, 0.3) is 5.91 Å². The van der Waals surface area contributed by atoms with Crippen molar-refractivity contribution < 1.29 is 4.79 Å². The second-order valence-corrected chi connectivity index (χ2v) is 5.30. The Kier molecular flexibility index (Phi) is 7.00. The molecule has 0 radical (unpaired) electrons. The van der Waals surface area contributed by atoms with Crippen molar-refractivity contribution in [3.63, 3.8) is 0 Å². The fourth-order valence-corrected chi connectivity index (χ4v) is 2.56. The Bertz CT molecular complexity index is 726. The fraction of sp³-hybridized carbons (Fsp3) is 0.400. The van der Waals surface area contributed by atoms with Crippen LogP contribution >= 0.6 is 24.8 Å². The molecule has 0 aromatic carbocycles. The van der Waals surface area contributed by atoms with E-state index in [1.54, 1.807) is 10.9 Å². The number of aromatic nitrogens is 3. The molecule has 2 aromatic rings. The van der Waals surface area contributed by atoms with Gasteiger partial charge in [-0.2, -0.15) is 5.10 Å². The summed E-state index contributed by atoms with van der Waals surface area (Å²) in [5.74, 6) is -0.0907. The van der Waals surface area contributed by atoms with Crippen LogP contribution in [0.15, 0.2) is 23.9 Å². The zero-order valence-corrected chi connectivity index (χ0v) is 14.8. The third-order valence-corrected chi connectivity index (χ3v) is 3.76. The molecule has 0 bridgehead atoms. The van der Waals surface area contributed by atoms with Crippen molar-refractivity contribution in [3.8, 4) is 0 Å². The molecule has 1 aliphatic rings. The van der Waals surface area contributed by atoms with Crippen molar-refractivity contribution in [1.82, 2.24) is 25.4 Å². The highest BCUT2D eigenvalue weighted by atomic mass is 35.5. The SMILES string of the molecule is Cc1nn(C)c2ncc(C(=O)NCC3=CCNCC3)cc12.Cl.Cl. The van der Waals surface area contributed by atoms with E-state index in [1.165, 1.54) is 5.57 Å². The lowest BCUT2D eigenvalue weighted by Crippen LogP contribution is -2.29. The lowest BCUT2D eigenvalue weighted by atomic mass is 10.1. The van der Waals surface area contributed by atoms with E-state index in [0.717, 1.165) is 36.2 Å². The number of carbonyl (C=O) groups is 1. The van der Waals surface area contributed by atoms with E-state index in [4.69, 9.17) is 0 Å². The third-order valence-electron chi connectivity index (χ3n) is 3.76. The third kappa shape index (κ3) is 4.22. The number of hydrogen-bond acceptors (Lipinski definition) is 4. The van der Waals surface area contributed by atoms with Gasteiger partial charge in [0.05, 0.1) is 11.3 Å². The number of nitrogens with zero attached hydrogens (tertiary/aromatic N) is 3. The molecule has 0 unspecified atom stereocenters. The highest BCUT2D eigenvalue weighted by molar-refractivity contribution is 5.97. The Morgan fingerprint density at radius 3 is 2.91 bits per heavy atom. The molecule has 1 aliphatic heterocycles. The maximum Gasteiger partial charge on any atom is 0.253 e. The van der Waals surface area contributed by atoms with Crippen LogP contribution in [0.3, 0.4) is 0 Å². The fourth-order valence-electron chi connectivity index (χ4n) is 2.56. The van der Waals surface area contributed by atoms with Gasteiger partial charge in [0, 0.05) is 31.7 Å². The molecule has 6 nitrogen and oxygen atoms in total. The number of carbonyl (C=O) groups excluding carboxylic acids is 1. The monoisotopic (exact) mass is 357 g/mol. The molecule has 0 saturated carbocycles. The van der Waals surface area contributed by atoms with Gasteiger partial charge in [-0.3, -0.25) is 9.48 Å². The van der Waals surface area contributed by atoms with Crippen molar-refractivity contribution >= 4 is 41.8 Å². The standard InChI is InChI=1S/C15H19N5O.2ClH/c1-10-13-7-12(9-17-14(13)20(2)19-10)15(21)18-8-11-3-5-16-6-4-11;;/h3,7,9,16H,4-6,8H2,1-2H3,(H,18,21);2*1H. The average molecular weight is 358 g/mol. The van der Waals surface area contributed by atoms with E-state index in [0.29, 0.717) is 12.1 Å². The average Bonchev–Trinajstić information content (AvgIpc) is 2.80. The van der Waals surface area contributed by atoms with Gasteiger partial charge in [0.2, 0.25) is 0 Å². The second kappa shape index (κ2) is 8.29. The van der Waals surface area contributed by atoms with E-state index in [1.807, 2.05) is 20.0 Å². The zero-order chi connectivity index (χ0) is 14.8. The lowest BCUT2D eigenvalue weighted by Gasteiger charge is -2.14. The van der Waals surface area contributed by atoms with Gasteiger partial charge in [0.1, 0.15) is 0 Å². The Morgan fingerprint density at radius 2 is 2.22 bits per heavy atom. The van der Waals surface area contributed by atoms with Crippen molar-refractivity contribution in [3.05, 3.63) is 35.2 Å². The summed E-state index contributed by atoms with van der Waals surface area (Å²) in [6.45, 7) is 4.38. The quantitative estimate of drug-likeness (QED) is 0.821. The number of amides is 1. The minimum absolute atomic E-state index is 0. The maximum absolute atomic E-state index is 12.2. The predicted octanol–water partition coefficient (Wildman–Crippen LogP) is 1.77. The Labute approximate surface area is 147 Å². The number of pyridine rings is 1. The van der Waals surface area contributed by atoms with Crippen LogP contribution in [-0.4, -0.2) is 40.3 Å². The summed E-state index contributed by atoms with van der Waals surface area (Å²) in [5, 5.41) is 11.5. The maximum atomic E-state index is 12.2. The zero-order valence-electron chi connectivity index (χ0n) is 13.1. The highest BCUT2D eigenvalue weighted by Gasteiger charge is 2.12. The first-order valence-corrected chi connectivity index (χ1v) is 7.11. The molecular weight excluding hydrogens is 337 g/mol. The van der Waals surface area contributed by atoms with Crippen LogP contribution < -0.4 is 10.6 Å². The van der Waals surface area contributed by atoms with Gasteiger partial charge in [0.15, 0.2) is 5.65 Å². The largest absolute Gasteiger partial charge is 0.348 e. The van der Waals surface area contributed by atoms with Gasteiger partial charge < -0.3 is 10.6 Å². The topological polar surface area (TPSA) is 71.8 Å². The summed E-state index contributed by atoms with van der Waals surface area (Å²) in [6.07, 6.45) is 4.73. The summed E-state index contributed by atoms with van der Waals surface area (Å²) in [7, 11) is 1.85. The lowest BCUT2D eigenvalue weighted by molar-refractivity contribution is 0.0956. The van der Waals surface area contributed by atoms with E-state index in [2.05, 4.69) is 26.8 Å². The summed E-state index contributed by atoms with van der Waals surface area (Å²) < 4.78 is 1.73. The van der Waals surface area contributed by atoms with Crippen LogP contribution in [0.4, 0.5) is 0 Å². The van der Waals surface area contributed by atoms with Crippen LogP contribution in [-0.2, 0) is 7.05 Å². The summed E-state index contributed by atoms with van der Waals surface area (Å²) in [4.78, 5) is 16.6. The Balaban J connectivity index is 0.00000132. The summed E-state index contributed by atoms with van der Waals surface area (Å²) >= 11 is 0. The number of aryl methyl sites for hydroxylation is 2. The molecule has 23 heavy (non-hydrogen) atoms. The van der Waals surface area contributed by atoms with E-state index >= 15 is 0 Å². The minimum atomic E-state index is -0.0907. The molecule has 1 amide bonds. The van der Waals surface area contributed by atoms with E-state index in [9.17, 15) is 4.79 Å². The first-order chi connectivity index (χ1) is 10.1. The van der Waals surface area contributed by atoms with Crippen LogP contribution in [0.1, 0.15) is 22.5 Å². The summed E-state index contributed by atoms with van der Waals surface area (Å²) in [5.41, 5.74) is 3.53. The first kappa shape index (κ1) is 19.4. The van der Waals surface area contributed by atoms with Crippen LogP contribution in [0.25, 0.3) is 11.0 Å². The highest BCUT2D eigenvalue weighted by Crippen LogP contribution is 2.16. The first-order valence-electron chi connectivity index (χ1n) is 7.11. The minimum Gasteiger partial charge on any atom is -0.348 e. The number of rotatable bonds is 3. The van der Waals surface area contributed by atoms with Crippen molar-refractivity contribution in [2.45, 2.75) is 13.3 Å². The number of halogens is 2. The Morgan fingerprint density at radius 1 is 1.43 bits per heavy atom. The molecule has 2 aromatic heterocycles. The smallest absolute Gasteiger partial charge is 0.253 e. The molecule has 0 atom stereocenters. The molecular formula is C15H21Cl2N5O. The van der Waals surface area contributed by atoms with Crippen LogP contribution in [0, 0.1) is 6.92 Å². The van der Waals surface area contributed by atoms with Crippen molar-refractivity contribution in [2.24, 2.45) is 7.05 Å². The Hall–Kier alpha value is -1.63. The number of fused-ring (bicyclic) bond motifs is 1. The number of hydrogen-bond donors (Lipinski definition) is 2. The van der Waals surface area contributed by atoms with Gasteiger partial charge in [-0.15, -0.1) is 24.8 Å². The molecule has 3 rings (SSSR count). The van der Waals surface area contributed by atoms with Crippen molar-refractivity contribution in [1.29, 1.82) is 0 Å². The molecule has 0 saturated heterocycles. The van der Waals surface area contributed by atoms with Crippen LogP contribution in [0.2, 0.25) is 0 Å². The molecule has 126 valence electrons. The second-order valence-electron chi connectivity index (χ2n) is 5.30. The van der Waals surface area contributed by atoms with Gasteiger partial charge >= 0.3 is 0 Å². The van der Waals surface area contributed by atoms with Gasteiger partial charge in [-0.25, -0.2) is 4.98 Å².